The number of halogens is 1. The topological polar surface area (TPSA) is 68.3 Å². The summed E-state index contributed by atoms with van der Waals surface area (Å²) in [5.41, 5.74) is 3.86. The number of nitrogens with one attached hydrogen (secondary N) is 1. The Labute approximate surface area is 218 Å². The van der Waals surface area contributed by atoms with Crippen molar-refractivity contribution in [2.24, 2.45) is 0 Å². The number of amides is 1. The lowest BCUT2D eigenvalue weighted by Gasteiger charge is -2.11. The standard InChI is InChI=1S/C27H19BrN2O3S2/c1-15-7-12-23(35-15)22-13-19(18-5-3-4-6-21(18)29-22)25(31)30-26-24(27(32)33-2)20(14-34-26)16-8-10-17(28)11-9-16/h3-14H,1-2H3,(H,30,31). The van der Waals surface area contributed by atoms with Gasteiger partial charge in [0.25, 0.3) is 5.91 Å². The number of nitrogens with zero attached hydrogens (tertiary/aromatic N) is 1. The van der Waals surface area contributed by atoms with Gasteiger partial charge in [0.05, 0.1) is 28.8 Å². The van der Waals surface area contributed by atoms with Crippen LogP contribution in [0, 0.1) is 6.92 Å². The summed E-state index contributed by atoms with van der Waals surface area (Å²) in [5, 5.41) is 6.00. The van der Waals surface area contributed by atoms with Crippen LogP contribution in [0.3, 0.4) is 0 Å². The van der Waals surface area contributed by atoms with Crippen molar-refractivity contribution in [2.75, 3.05) is 12.4 Å². The fourth-order valence-electron chi connectivity index (χ4n) is 3.83. The molecule has 3 aromatic heterocycles. The molecule has 0 atom stereocenters. The molecule has 35 heavy (non-hydrogen) atoms. The number of thiophene rings is 2. The van der Waals surface area contributed by atoms with Crippen LogP contribution in [0.15, 0.2) is 76.6 Å². The number of methoxy groups -OCH3 is 1. The minimum atomic E-state index is -0.506. The zero-order chi connectivity index (χ0) is 24.5. The Hall–Kier alpha value is -3.33. The maximum absolute atomic E-state index is 13.6. The van der Waals surface area contributed by atoms with Crippen LogP contribution in [0.4, 0.5) is 5.00 Å². The van der Waals surface area contributed by atoms with E-state index < -0.39 is 5.97 Å². The molecule has 2 aromatic carbocycles. The van der Waals surface area contributed by atoms with Crippen molar-refractivity contribution in [3.8, 4) is 21.7 Å². The van der Waals surface area contributed by atoms with Gasteiger partial charge in [0.1, 0.15) is 10.6 Å². The Morgan fingerprint density at radius 2 is 1.80 bits per heavy atom. The van der Waals surface area contributed by atoms with Crippen LogP contribution in [-0.4, -0.2) is 24.0 Å². The lowest BCUT2D eigenvalue weighted by Crippen LogP contribution is -2.15. The molecule has 3 heterocycles. The second-order valence-corrected chi connectivity index (χ2v) is 10.9. The Morgan fingerprint density at radius 3 is 2.51 bits per heavy atom. The first-order valence-corrected chi connectivity index (χ1v) is 13.2. The molecule has 0 saturated heterocycles. The number of rotatable bonds is 5. The van der Waals surface area contributed by atoms with Gasteiger partial charge < -0.3 is 10.1 Å². The molecule has 0 spiro atoms. The third-order valence-corrected chi connectivity index (χ3v) is 7.96. The number of carbonyl (C=O) groups is 2. The number of para-hydroxylation sites is 1. The highest BCUT2D eigenvalue weighted by Crippen LogP contribution is 2.37. The number of ether oxygens (including phenoxy) is 1. The molecular weight excluding hydrogens is 544 g/mol. The average Bonchev–Trinajstić information content (AvgIpc) is 3.49. The first kappa shape index (κ1) is 23.4. The molecule has 5 rings (SSSR count). The number of anilines is 1. The molecule has 5 aromatic rings. The van der Waals surface area contributed by atoms with Crippen LogP contribution in [0.5, 0.6) is 0 Å². The number of benzene rings is 2. The Morgan fingerprint density at radius 1 is 1.03 bits per heavy atom. The van der Waals surface area contributed by atoms with E-state index in [-0.39, 0.29) is 5.91 Å². The molecule has 0 unspecified atom stereocenters. The number of carbonyl (C=O) groups excluding carboxylic acids is 2. The maximum Gasteiger partial charge on any atom is 0.341 e. The lowest BCUT2D eigenvalue weighted by atomic mass is 10.0. The van der Waals surface area contributed by atoms with Crippen molar-refractivity contribution in [2.45, 2.75) is 6.92 Å². The van der Waals surface area contributed by atoms with E-state index in [9.17, 15) is 9.59 Å². The zero-order valence-corrected chi connectivity index (χ0v) is 22.0. The summed E-state index contributed by atoms with van der Waals surface area (Å²) in [6.07, 6.45) is 0. The molecule has 1 N–H and O–H groups in total. The Bertz CT molecular complexity index is 1570. The number of hydrogen-bond donors (Lipinski definition) is 1. The first-order chi connectivity index (χ1) is 16.9. The molecule has 0 fully saturated rings. The number of pyridine rings is 1. The van der Waals surface area contributed by atoms with Gasteiger partial charge in [0, 0.05) is 25.7 Å². The highest BCUT2D eigenvalue weighted by atomic mass is 79.9. The van der Waals surface area contributed by atoms with Gasteiger partial charge in [0.15, 0.2) is 0 Å². The molecule has 0 saturated carbocycles. The quantitative estimate of drug-likeness (QED) is 0.222. The largest absolute Gasteiger partial charge is 0.465 e. The summed E-state index contributed by atoms with van der Waals surface area (Å²) >= 11 is 6.36. The van der Waals surface area contributed by atoms with Crippen molar-refractivity contribution >= 4 is 66.4 Å². The van der Waals surface area contributed by atoms with Crippen molar-refractivity contribution in [1.29, 1.82) is 0 Å². The molecule has 0 aliphatic heterocycles. The number of hydrogen-bond acceptors (Lipinski definition) is 6. The predicted molar refractivity (Wildman–Crippen MR) is 147 cm³/mol. The number of fused-ring (bicyclic) bond motifs is 1. The van der Waals surface area contributed by atoms with Crippen molar-refractivity contribution in [1.82, 2.24) is 4.98 Å². The summed E-state index contributed by atoms with van der Waals surface area (Å²) in [7, 11) is 1.34. The molecule has 0 aliphatic carbocycles. The normalized spacial score (nSPS) is 10.9. The van der Waals surface area contributed by atoms with E-state index in [2.05, 4.69) is 21.2 Å². The molecule has 0 radical (unpaired) electrons. The molecule has 174 valence electrons. The number of aromatic nitrogens is 1. The summed E-state index contributed by atoms with van der Waals surface area (Å²) < 4.78 is 5.99. The first-order valence-electron chi connectivity index (χ1n) is 10.7. The van der Waals surface area contributed by atoms with Gasteiger partial charge in [0.2, 0.25) is 0 Å². The van der Waals surface area contributed by atoms with Crippen LogP contribution in [0.25, 0.3) is 32.6 Å². The summed E-state index contributed by atoms with van der Waals surface area (Å²) in [4.78, 5) is 33.3. The van der Waals surface area contributed by atoms with Crippen molar-refractivity contribution in [3.63, 3.8) is 0 Å². The van der Waals surface area contributed by atoms with Gasteiger partial charge in [-0.1, -0.05) is 46.3 Å². The minimum Gasteiger partial charge on any atom is -0.465 e. The SMILES string of the molecule is COC(=O)c1c(-c2ccc(Br)cc2)csc1NC(=O)c1cc(-c2ccc(C)s2)nc2ccccc12. The summed E-state index contributed by atoms with van der Waals surface area (Å²) in [6, 6.07) is 21.1. The second-order valence-electron chi connectivity index (χ2n) is 7.79. The van der Waals surface area contributed by atoms with Crippen molar-refractivity contribution in [3.05, 3.63) is 92.6 Å². The highest BCUT2D eigenvalue weighted by molar-refractivity contribution is 9.10. The fraction of sp³-hybridized carbons (Fsp3) is 0.0741. The summed E-state index contributed by atoms with van der Waals surface area (Å²) in [6.45, 7) is 2.04. The van der Waals surface area contributed by atoms with Crippen molar-refractivity contribution < 1.29 is 14.3 Å². The van der Waals surface area contributed by atoms with E-state index in [1.54, 1.807) is 11.3 Å². The molecule has 0 bridgehead atoms. The van der Waals surface area contributed by atoms with Gasteiger partial charge in [-0.05, 0) is 48.9 Å². The molecule has 0 aliphatic rings. The van der Waals surface area contributed by atoms with Crippen LogP contribution in [-0.2, 0) is 4.74 Å². The molecular formula is C27H19BrN2O3S2. The Balaban J connectivity index is 1.58. The number of aryl methyl sites for hydroxylation is 1. The maximum atomic E-state index is 13.6. The predicted octanol–water partition coefficient (Wildman–Crippen LogP) is 7.80. The smallest absolute Gasteiger partial charge is 0.341 e. The van der Waals surface area contributed by atoms with E-state index in [1.807, 2.05) is 79.0 Å². The molecule has 1 amide bonds. The van der Waals surface area contributed by atoms with E-state index in [1.165, 1.54) is 23.3 Å². The third kappa shape index (κ3) is 4.65. The Kier molecular flexibility index (Phi) is 6.51. The highest BCUT2D eigenvalue weighted by Gasteiger charge is 2.24. The summed E-state index contributed by atoms with van der Waals surface area (Å²) in [5.74, 6) is -0.818. The van der Waals surface area contributed by atoms with E-state index in [4.69, 9.17) is 9.72 Å². The molecule has 5 nitrogen and oxygen atoms in total. The van der Waals surface area contributed by atoms with Gasteiger partial charge in [-0.15, -0.1) is 22.7 Å². The second kappa shape index (κ2) is 9.73. The van der Waals surface area contributed by atoms with Gasteiger partial charge >= 0.3 is 5.97 Å². The van der Waals surface area contributed by atoms with Crippen LogP contribution < -0.4 is 5.32 Å². The molecule has 8 heteroatoms. The lowest BCUT2D eigenvalue weighted by molar-refractivity contribution is 0.0603. The number of esters is 1. The zero-order valence-electron chi connectivity index (χ0n) is 18.8. The fourth-order valence-corrected chi connectivity index (χ4v) is 5.87. The monoisotopic (exact) mass is 562 g/mol. The average molecular weight is 563 g/mol. The van der Waals surface area contributed by atoms with Crippen LogP contribution in [0.2, 0.25) is 0 Å². The van der Waals surface area contributed by atoms with Crippen LogP contribution in [0.1, 0.15) is 25.6 Å². The van der Waals surface area contributed by atoms with Gasteiger partial charge in [-0.25, -0.2) is 9.78 Å². The minimum absolute atomic E-state index is 0.313. The van der Waals surface area contributed by atoms with Gasteiger partial charge in [-0.2, -0.15) is 0 Å². The van der Waals surface area contributed by atoms with Gasteiger partial charge in [-0.3, -0.25) is 4.79 Å². The van der Waals surface area contributed by atoms with E-state index in [0.29, 0.717) is 21.7 Å². The van der Waals surface area contributed by atoms with Crippen LogP contribution >= 0.6 is 38.6 Å². The third-order valence-electron chi connectivity index (χ3n) is 5.52. The van der Waals surface area contributed by atoms with E-state index in [0.717, 1.165) is 31.5 Å². The van der Waals surface area contributed by atoms with E-state index >= 15 is 0 Å².